The van der Waals surface area contributed by atoms with E-state index in [-0.39, 0.29) is 25.5 Å². The van der Waals surface area contributed by atoms with E-state index in [4.69, 9.17) is 4.74 Å². The molecule has 1 aliphatic rings. The number of fused-ring (bicyclic) bond motifs is 3. The second kappa shape index (κ2) is 10.0. The van der Waals surface area contributed by atoms with Crippen LogP contribution in [0.2, 0.25) is 0 Å². The second-order valence-corrected chi connectivity index (χ2v) is 8.40. The van der Waals surface area contributed by atoms with Crippen molar-refractivity contribution in [3.05, 3.63) is 83.6 Å². The van der Waals surface area contributed by atoms with Gasteiger partial charge in [0.05, 0.1) is 6.10 Å². The van der Waals surface area contributed by atoms with Crippen LogP contribution in [0.4, 0.5) is 10.6 Å². The Morgan fingerprint density at radius 3 is 2.24 bits per heavy atom. The number of nitrogens with one attached hydrogen (secondary N) is 1. The first kappa shape index (κ1) is 22.8. The highest BCUT2D eigenvalue weighted by Crippen LogP contribution is 2.44. The Bertz CT molecular complexity index is 1060. The zero-order valence-corrected chi connectivity index (χ0v) is 18.8. The number of nitrogens with zero attached hydrogens (tertiary/aromatic N) is 2. The fourth-order valence-electron chi connectivity index (χ4n) is 4.19. The van der Waals surface area contributed by atoms with Gasteiger partial charge >= 0.3 is 6.09 Å². The maximum absolute atomic E-state index is 12.3. The van der Waals surface area contributed by atoms with Gasteiger partial charge in [0, 0.05) is 38.3 Å². The summed E-state index contributed by atoms with van der Waals surface area (Å²) in [5.41, 5.74) is 5.17. The number of pyridine rings is 1. The van der Waals surface area contributed by atoms with E-state index in [9.17, 15) is 15.0 Å². The first-order valence-electron chi connectivity index (χ1n) is 11.0. The molecule has 7 nitrogen and oxygen atoms in total. The molecule has 3 N–H and O–H groups in total. The van der Waals surface area contributed by atoms with Crippen LogP contribution >= 0.6 is 0 Å². The van der Waals surface area contributed by atoms with Crippen molar-refractivity contribution < 1.29 is 19.7 Å². The van der Waals surface area contributed by atoms with Gasteiger partial charge in [0.1, 0.15) is 18.5 Å². The number of carbonyl (C=O) groups is 1. The van der Waals surface area contributed by atoms with Crippen LogP contribution in [-0.2, 0) is 4.74 Å². The lowest BCUT2D eigenvalue weighted by Gasteiger charge is -2.19. The number of anilines is 1. The average molecular weight is 448 g/mol. The van der Waals surface area contributed by atoms with E-state index in [1.165, 1.54) is 11.1 Å². The van der Waals surface area contributed by atoms with Gasteiger partial charge in [0.25, 0.3) is 0 Å². The largest absolute Gasteiger partial charge is 0.449 e. The number of alkyl carbamates (subject to hydrolysis) is 1. The summed E-state index contributed by atoms with van der Waals surface area (Å²) in [5, 5.41) is 23.3. The lowest BCUT2D eigenvalue weighted by atomic mass is 9.98. The Morgan fingerprint density at radius 2 is 1.67 bits per heavy atom. The number of ether oxygens (including phenoxy) is 1. The summed E-state index contributed by atoms with van der Waals surface area (Å²) in [6, 6.07) is 19.8. The molecule has 0 spiro atoms. The van der Waals surface area contributed by atoms with Gasteiger partial charge < -0.3 is 25.2 Å². The van der Waals surface area contributed by atoms with Crippen LogP contribution in [0.15, 0.2) is 66.9 Å². The van der Waals surface area contributed by atoms with Gasteiger partial charge in [-0.15, -0.1) is 0 Å². The summed E-state index contributed by atoms with van der Waals surface area (Å²) in [5.74, 6) is 0.755. The Kier molecular flexibility index (Phi) is 6.91. The fourth-order valence-corrected chi connectivity index (χ4v) is 4.19. The molecule has 0 saturated heterocycles. The first-order chi connectivity index (χ1) is 16.0. The molecule has 7 heteroatoms. The highest BCUT2D eigenvalue weighted by Gasteiger charge is 2.29. The topological polar surface area (TPSA) is 94.9 Å². The number of amides is 1. The van der Waals surface area contributed by atoms with Gasteiger partial charge in [-0.1, -0.05) is 54.6 Å². The summed E-state index contributed by atoms with van der Waals surface area (Å²) < 4.78 is 5.49. The molecule has 1 aliphatic carbocycles. The van der Waals surface area contributed by atoms with E-state index in [1.807, 2.05) is 43.3 Å². The molecule has 2 aromatic carbocycles. The highest BCUT2D eigenvalue weighted by molar-refractivity contribution is 5.79. The van der Waals surface area contributed by atoms with Gasteiger partial charge in [-0.3, -0.25) is 0 Å². The number of benzene rings is 2. The first-order valence-corrected chi connectivity index (χ1v) is 11.0. The van der Waals surface area contributed by atoms with Crippen LogP contribution < -0.4 is 10.2 Å². The van der Waals surface area contributed by atoms with Crippen LogP contribution in [0.3, 0.4) is 0 Å². The third-order valence-corrected chi connectivity index (χ3v) is 5.99. The molecule has 4 rings (SSSR count). The number of aliphatic hydroxyl groups is 2. The molecule has 2 atom stereocenters. The van der Waals surface area contributed by atoms with Crippen LogP contribution in [0.1, 0.15) is 35.1 Å². The predicted octanol–water partition coefficient (Wildman–Crippen LogP) is 3.47. The molecule has 0 fully saturated rings. The monoisotopic (exact) mass is 447 g/mol. The molecule has 0 aliphatic heterocycles. The summed E-state index contributed by atoms with van der Waals surface area (Å²) >= 11 is 0. The van der Waals surface area contributed by atoms with E-state index in [0.717, 1.165) is 16.9 Å². The number of carbonyl (C=O) groups excluding carboxylic acids is 1. The molecule has 1 aromatic heterocycles. The summed E-state index contributed by atoms with van der Waals surface area (Å²) in [7, 11) is 3.75. The molecule has 0 bridgehead atoms. The molecule has 1 heterocycles. The van der Waals surface area contributed by atoms with Crippen LogP contribution in [0.25, 0.3) is 11.1 Å². The van der Waals surface area contributed by atoms with Crippen molar-refractivity contribution in [2.24, 2.45) is 0 Å². The van der Waals surface area contributed by atoms with Crippen LogP contribution in [0.5, 0.6) is 0 Å². The van der Waals surface area contributed by atoms with Crippen molar-refractivity contribution in [3.63, 3.8) is 0 Å². The van der Waals surface area contributed by atoms with Crippen molar-refractivity contribution in [3.8, 4) is 11.1 Å². The highest BCUT2D eigenvalue weighted by atomic mass is 16.5. The van der Waals surface area contributed by atoms with Crippen molar-refractivity contribution >= 4 is 11.9 Å². The lowest BCUT2D eigenvalue weighted by molar-refractivity contribution is 0.0135. The van der Waals surface area contributed by atoms with E-state index < -0.39 is 18.3 Å². The molecule has 33 heavy (non-hydrogen) atoms. The number of hydrogen-bond donors (Lipinski definition) is 3. The number of aliphatic hydroxyl groups excluding tert-OH is 2. The Balaban J connectivity index is 1.26. The predicted molar refractivity (Wildman–Crippen MR) is 127 cm³/mol. The quantitative estimate of drug-likeness (QED) is 0.490. The SMILES string of the molecule is CN(C)c1ccc(C(O)C(O)CCNC(=O)OCC2c3ccccc3-c3ccccc32)cn1. The van der Waals surface area contributed by atoms with Gasteiger partial charge in [-0.25, -0.2) is 9.78 Å². The van der Waals surface area contributed by atoms with Gasteiger partial charge in [0.15, 0.2) is 0 Å². The zero-order chi connectivity index (χ0) is 23.4. The third-order valence-electron chi connectivity index (χ3n) is 5.99. The molecular weight excluding hydrogens is 418 g/mol. The van der Waals surface area contributed by atoms with Crippen molar-refractivity contribution in [1.29, 1.82) is 0 Å². The third kappa shape index (κ3) is 4.99. The van der Waals surface area contributed by atoms with Crippen molar-refractivity contribution in [2.45, 2.75) is 24.5 Å². The van der Waals surface area contributed by atoms with Crippen LogP contribution in [-0.4, -0.2) is 54.6 Å². The average Bonchev–Trinajstić information content (AvgIpc) is 3.16. The fraction of sp³-hybridized carbons (Fsp3) is 0.308. The molecule has 2 unspecified atom stereocenters. The molecule has 0 radical (unpaired) electrons. The molecular formula is C26H29N3O4. The number of aromatic nitrogens is 1. The summed E-state index contributed by atoms with van der Waals surface area (Å²) in [4.78, 5) is 18.4. The smallest absolute Gasteiger partial charge is 0.407 e. The number of rotatable bonds is 8. The van der Waals surface area contributed by atoms with Gasteiger partial charge in [-0.05, 0) is 34.7 Å². The van der Waals surface area contributed by atoms with Gasteiger partial charge in [-0.2, -0.15) is 0 Å². The number of hydrogen-bond acceptors (Lipinski definition) is 6. The molecule has 172 valence electrons. The van der Waals surface area contributed by atoms with Gasteiger partial charge in [0.2, 0.25) is 0 Å². The molecule has 1 amide bonds. The Morgan fingerprint density at radius 1 is 1.03 bits per heavy atom. The minimum Gasteiger partial charge on any atom is -0.449 e. The van der Waals surface area contributed by atoms with Crippen LogP contribution in [0, 0.1) is 0 Å². The van der Waals surface area contributed by atoms with E-state index in [1.54, 1.807) is 18.3 Å². The second-order valence-electron chi connectivity index (χ2n) is 8.40. The maximum Gasteiger partial charge on any atom is 0.407 e. The Labute approximate surface area is 193 Å². The maximum atomic E-state index is 12.3. The van der Waals surface area contributed by atoms with Crippen molar-refractivity contribution in [1.82, 2.24) is 10.3 Å². The van der Waals surface area contributed by atoms with Crippen molar-refractivity contribution in [2.75, 3.05) is 32.1 Å². The minimum atomic E-state index is -1.09. The zero-order valence-electron chi connectivity index (χ0n) is 18.8. The van der Waals surface area contributed by atoms with E-state index in [0.29, 0.717) is 5.56 Å². The summed E-state index contributed by atoms with van der Waals surface area (Å²) in [6.07, 6.45) is -0.942. The van der Waals surface area contributed by atoms with E-state index >= 15 is 0 Å². The molecule has 3 aromatic rings. The standard InChI is InChI=1S/C26H29N3O4/c1-29(2)24-12-11-17(15-28-24)25(31)23(30)13-14-27-26(32)33-16-22-20-9-5-3-7-18(20)19-8-4-6-10-21(19)22/h3-12,15,22-23,25,30-31H,13-14,16H2,1-2H3,(H,27,32). The normalized spacial score (nSPS) is 14.2. The summed E-state index contributed by atoms with van der Waals surface area (Å²) in [6.45, 7) is 0.410. The lowest BCUT2D eigenvalue weighted by Crippen LogP contribution is -2.30. The minimum absolute atomic E-state index is 0.00630. The van der Waals surface area contributed by atoms with E-state index in [2.05, 4.69) is 34.6 Å². The Hall–Kier alpha value is -3.42. The molecule has 0 saturated carbocycles.